The fourth-order valence-corrected chi connectivity index (χ4v) is 2.56. The first-order chi connectivity index (χ1) is 10.1. The molecule has 2 aromatic heterocycles. The number of esters is 1. The fourth-order valence-electron chi connectivity index (χ4n) is 2.40. The van der Waals surface area contributed by atoms with Gasteiger partial charge >= 0.3 is 5.97 Å². The number of carbonyl (C=O) groups is 1. The molecule has 0 atom stereocenters. The largest absolute Gasteiger partial charge is 0.464 e. The Hall–Kier alpha value is -1.83. The zero-order chi connectivity index (χ0) is 15.0. The maximum absolute atomic E-state index is 11.9. The van der Waals surface area contributed by atoms with Crippen LogP contribution in [0.1, 0.15) is 29.8 Å². The summed E-state index contributed by atoms with van der Waals surface area (Å²) in [5.41, 5.74) is 0.0781. The number of rotatable bonds is 2. The molecule has 0 saturated carbocycles. The van der Waals surface area contributed by atoms with Crippen LogP contribution in [0.15, 0.2) is 0 Å². The minimum Gasteiger partial charge on any atom is -0.464 e. The number of hydrogen-bond acceptors (Lipinski definition) is 6. The Morgan fingerprint density at radius 1 is 1.29 bits per heavy atom. The Bertz CT molecular complexity index is 699. The van der Waals surface area contributed by atoms with Crippen molar-refractivity contribution in [2.45, 2.75) is 19.3 Å². The van der Waals surface area contributed by atoms with Gasteiger partial charge in [-0.1, -0.05) is 11.6 Å². The van der Waals surface area contributed by atoms with Crippen molar-refractivity contribution in [3.8, 4) is 0 Å². The fraction of sp³-hybridized carbons (Fsp3) is 0.500. The molecule has 1 saturated heterocycles. The molecule has 7 nitrogen and oxygen atoms in total. The smallest absolute Gasteiger partial charge is 0.356 e. The SMILES string of the molecule is [B]c1c(Cl)nc2nc(N3CCCCC3)nn2c1C(=O)OC. The van der Waals surface area contributed by atoms with Gasteiger partial charge in [-0.15, -0.1) is 5.10 Å². The summed E-state index contributed by atoms with van der Waals surface area (Å²) in [5.74, 6) is 0.126. The summed E-state index contributed by atoms with van der Waals surface area (Å²) in [5, 5.41) is 4.35. The third-order valence-electron chi connectivity index (χ3n) is 3.48. The molecule has 0 spiro atoms. The number of fused-ring (bicyclic) bond motifs is 1. The third-order valence-corrected chi connectivity index (χ3v) is 3.77. The average Bonchev–Trinajstić information content (AvgIpc) is 2.92. The second-order valence-corrected chi connectivity index (χ2v) is 5.19. The molecule has 1 fully saturated rings. The summed E-state index contributed by atoms with van der Waals surface area (Å²) in [6.45, 7) is 1.77. The number of anilines is 1. The van der Waals surface area contributed by atoms with E-state index in [0.717, 1.165) is 25.9 Å². The van der Waals surface area contributed by atoms with Gasteiger partial charge in [0.15, 0.2) is 0 Å². The molecule has 0 aliphatic carbocycles. The van der Waals surface area contributed by atoms with Gasteiger partial charge in [0.2, 0.25) is 5.95 Å². The Morgan fingerprint density at radius 3 is 2.67 bits per heavy atom. The van der Waals surface area contributed by atoms with E-state index in [4.69, 9.17) is 24.2 Å². The maximum Gasteiger partial charge on any atom is 0.356 e. The van der Waals surface area contributed by atoms with E-state index in [0.29, 0.717) is 5.95 Å². The van der Waals surface area contributed by atoms with Gasteiger partial charge in [0.25, 0.3) is 5.78 Å². The highest BCUT2D eigenvalue weighted by atomic mass is 35.5. The Morgan fingerprint density at radius 2 is 2.00 bits per heavy atom. The summed E-state index contributed by atoms with van der Waals surface area (Å²) in [6, 6.07) is 0. The van der Waals surface area contributed by atoms with Gasteiger partial charge in [-0.25, -0.2) is 4.79 Å². The number of aromatic nitrogens is 4. The average molecular weight is 306 g/mol. The highest BCUT2D eigenvalue weighted by Gasteiger charge is 2.22. The first-order valence-electron chi connectivity index (χ1n) is 6.67. The summed E-state index contributed by atoms with van der Waals surface area (Å²) in [7, 11) is 7.08. The van der Waals surface area contributed by atoms with Gasteiger partial charge in [0, 0.05) is 13.1 Å². The highest BCUT2D eigenvalue weighted by molar-refractivity contribution is 6.46. The molecule has 0 N–H and O–H groups in total. The molecule has 0 amide bonds. The number of methoxy groups -OCH3 is 1. The predicted molar refractivity (Wildman–Crippen MR) is 78.6 cm³/mol. The highest BCUT2D eigenvalue weighted by Crippen LogP contribution is 2.18. The van der Waals surface area contributed by atoms with Crippen LogP contribution in [-0.4, -0.2) is 53.6 Å². The van der Waals surface area contributed by atoms with Crippen LogP contribution in [0.25, 0.3) is 5.78 Å². The van der Waals surface area contributed by atoms with Crippen LogP contribution in [0.3, 0.4) is 0 Å². The quantitative estimate of drug-likeness (QED) is 0.453. The van der Waals surface area contributed by atoms with Crippen molar-refractivity contribution in [1.29, 1.82) is 0 Å². The Labute approximate surface area is 127 Å². The van der Waals surface area contributed by atoms with Crippen LogP contribution < -0.4 is 10.4 Å². The maximum atomic E-state index is 11.9. The van der Waals surface area contributed by atoms with E-state index in [1.807, 2.05) is 0 Å². The minimum absolute atomic E-state index is 0.0143. The van der Waals surface area contributed by atoms with Crippen LogP contribution >= 0.6 is 11.6 Å². The lowest BCUT2D eigenvalue weighted by molar-refractivity contribution is 0.0592. The van der Waals surface area contributed by atoms with E-state index < -0.39 is 5.97 Å². The van der Waals surface area contributed by atoms with E-state index in [-0.39, 0.29) is 22.1 Å². The van der Waals surface area contributed by atoms with Crippen molar-refractivity contribution < 1.29 is 9.53 Å². The first-order valence-corrected chi connectivity index (χ1v) is 7.04. The molecule has 1 aliphatic heterocycles. The minimum atomic E-state index is -0.628. The van der Waals surface area contributed by atoms with Crippen LogP contribution in [0, 0.1) is 0 Å². The van der Waals surface area contributed by atoms with Crippen LogP contribution in [0.5, 0.6) is 0 Å². The van der Waals surface area contributed by atoms with E-state index in [1.54, 1.807) is 0 Å². The van der Waals surface area contributed by atoms with Gasteiger partial charge < -0.3 is 9.64 Å². The second kappa shape index (κ2) is 5.52. The van der Waals surface area contributed by atoms with E-state index in [9.17, 15) is 4.79 Å². The van der Waals surface area contributed by atoms with Crippen LogP contribution in [-0.2, 0) is 4.74 Å². The van der Waals surface area contributed by atoms with Crippen molar-refractivity contribution >= 4 is 42.6 Å². The molecule has 0 unspecified atom stereocenters. The van der Waals surface area contributed by atoms with Crippen molar-refractivity contribution in [3.05, 3.63) is 10.8 Å². The van der Waals surface area contributed by atoms with Gasteiger partial charge in [0.1, 0.15) is 18.7 Å². The molecule has 3 rings (SSSR count). The third kappa shape index (κ3) is 2.44. The second-order valence-electron chi connectivity index (χ2n) is 4.83. The summed E-state index contributed by atoms with van der Waals surface area (Å²) >= 11 is 5.95. The van der Waals surface area contributed by atoms with Crippen LogP contribution in [0.4, 0.5) is 5.95 Å². The molecule has 1 aliphatic rings. The molecule has 0 bridgehead atoms. The van der Waals surface area contributed by atoms with E-state index in [2.05, 4.69) is 20.0 Å². The molecule has 3 heterocycles. The van der Waals surface area contributed by atoms with E-state index in [1.165, 1.54) is 18.0 Å². The number of piperidine rings is 1. The molecular weight excluding hydrogens is 292 g/mol. The molecule has 2 radical (unpaired) electrons. The van der Waals surface area contributed by atoms with Crippen molar-refractivity contribution in [1.82, 2.24) is 19.6 Å². The molecule has 108 valence electrons. The van der Waals surface area contributed by atoms with Crippen LogP contribution in [0.2, 0.25) is 5.15 Å². The molecular formula is C12H13BClN5O2. The van der Waals surface area contributed by atoms with Crippen molar-refractivity contribution in [3.63, 3.8) is 0 Å². The number of hydrogen-bond donors (Lipinski definition) is 0. The monoisotopic (exact) mass is 305 g/mol. The molecule has 21 heavy (non-hydrogen) atoms. The lowest BCUT2D eigenvalue weighted by atomic mass is 9.96. The first kappa shape index (κ1) is 14.1. The Kier molecular flexibility index (Phi) is 3.71. The van der Waals surface area contributed by atoms with Crippen molar-refractivity contribution in [2.24, 2.45) is 0 Å². The van der Waals surface area contributed by atoms with Gasteiger partial charge in [-0.2, -0.15) is 14.5 Å². The predicted octanol–water partition coefficient (Wildman–Crippen LogP) is 0.348. The zero-order valence-electron chi connectivity index (χ0n) is 11.5. The normalized spacial score (nSPS) is 15.4. The van der Waals surface area contributed by atoms with Gasteiger partial charge in [0.05, 0.1) is 7.11 Å². The standard InChI is InChI=1S/C12H13BClN5O2/c1-21-10(20)8-7(13)9(14)15-11-16-12(17-19(8)11)18-5-3-2-4-6-18/h2-6H2,1H3. The summed E-state index contributed by atoms with van der Waals surface area (Å²) < 4.78 is 6.02. The van der Waals surface area contributed by atoms with Gasteiger partial charge in [-0.3, -0.25) is 0 Å². The van der Waals surface area contributed by atoms with Gasteiger partial charge in [-0.05, 0) is 24.7 Å². The molecule has 9 heteroatoms. The summed E-state index contributed by atoms with van der Waals surface area (Å²) in [4.78, 5) is 22.4. The number of ether oxygens (including phenoxy) is 1. The summed E-state index contributed by atoms with van der Waals surface area (Å²) in [6.07, 6.45) is 3.39. The number of nitrogens with zero attached hydrogens (tertiary/aromatic N) is 5. The van der Waals surface area contributed by atoms with E-state index >= 15 is 0 Å². The lowest BCUT2D eigenvalue weighted by Crippen LogP contribution is -2.30. The van der Waals surface area contributed by atoms with Crippen molar-refractivity contribution in [2.75, 3.05) is 25.1 Å². The Balaban J connectivity index is 2.13. The molecule has 2 aromatic rings. The topological polar surface area (TPSA) is 72.6 Å². The number of carbonyl (C=O) groups excluding carboxylic acids is 1. The number of halogens is 1. The molecule has 0 aromatic carbocycles. The zero-order valence-corrected chi connectivity index (χ0v) is 12.3. The lowest BCUT2D eigenvalue weighted by Gasteiger charge is -2.24.